The maximum absolute atomic E-state index is 12.7. The van der Waals surface area contributed by atoms with E-state index < -0.39 is 0 Å². The van der Waals surface area contributed by atoms with Gasteiger partial charge in [0.1, 0.15) is 18.4 Å². The molecule has 2 aromatic carbocycles. The van der Waals surface area contributed by atoms with E-state index in [1.54, 1.807) is 4.90 Å². The lowest BCUT2D eigenvalue weighted by atomic mass is 10.1. The van der Waals surface area contributed by atoms with E-state index in [1.807, 2.05) is 67.4 Å². The topological polar surface area (TPSA) is 97.5 Å². The van der Waals surface area contributed by atoms with Crippen molar-refractivity contribution in [2.45, 2.75) is 77.0 Å². The second kappa shape index (κ2) is 13.3. The molecule has 4 rings (SSSR count). The van der Waals surface area contributed by atoms with E-state index in [4.69, 9.17) is 15.2 Å². The zero-order valence-corrected chi connectivity index (χ0v) is 22.6. The van der Waals surface area contributed by atoms with Gasteiger partial charge in [-0.15, -0.1) is 0 Å². The molecule has 0 spiro atoms. The van der Waals surface area contributed by atoms with E-state index in [0.29, 0.717) is 37.8 Å². The Morgan fingerprint density at radius 3 is 2.58 bits per heavy atom. The SMILES string of the molecule is CC(OC(=O)CN1Cc2cc(OCCCC(=O)N(C)C3CCCCCC3)ccc2N=C1N)c1ccccc1. The van der Waals surface area contributed by atoms with Crippen LogP contribution in [0.2, 0.25) is 0 Å². The van der Waals surface area contributed by atoms with Crippen molar-refractivity contribution in [3.8, 4) is 5.75 Å². The van der Waals surface area contributed by atoms with Gasteiger partial charge in [-0.25, -0.2) is 4.99 Å². The van der Waals surface area contributed by atoms with Gasteiger partial charge < -0.3 is 25.0 Å². The summed E-state index contributed by atoms with van der Waals surface area (Å²) in [7, 11) is 1.94. The molecule has 0 aromatic heterocycles. The molecule has 8 nitrogen and oxygen atoms in total. The van der Waals surface area contributed by atoms with Crippen LogP contribution in [0.5, 0.6) is 5.75 Å². The van der Waals surface area contributed by atoms with Crippen LogP contribution < -0.4 is 10.5 Å². The Hall–Kier alpha value is -3.55. The first kappa shape index (κ1) is 27.5. The number of nitrogens with two attached hydrogens (primary N) is 1. The Balaban J connectivity index is 1.24. The van der Waals surface area contributed by atoms with E-state index in [1.165, 1.54) is 25.7 Å². The van der Waals surface area contributed by atoms with Crippen molar-refractivity contribution >= 4 is 23.5 Å². The van der Waals surface area contributed by atoms with Gasteiger partial charge >= 0.3 is 5.97 Å². The Bertz CT molecular complexity index is 1110. The van der Waals surface area contributed by atoms with E-state index in [-0.39, 0.29) is 30.5 Å². The van der Waals surface area contributed by atoms with Crippen molar-refractivity contribution < 1.29 is 19.1 Å². The number of esters is 1. The van der Waals surface area contributed by atoms with Crippen molar-refractivity contribution in [1.82, 2.24) is 9.80 Å². The summed E-state index contributed by atoms with van der Waals surface area (Å²) in [4.78, 5) is 33.4. The van der Waals surface area contributed by atoms with Crippen molar-refractivity contribution in [2.24, 2.45) is 10.7 Å². The molecule has 2 N–H and O–H groups in total. The van der Waals surface area contributed by atoms with Gasteiger partial charge in [0.05, 0.1) is 12.3 Å². The number of nitrogens with zero attached hydrogens (tertiary/aromatic N) is 3. The van der Waals surface area contributed by atoms with Crippen LogP contribution >= 0.6 is 0 Å². The third kappa shape index (κ3) is 7.49. The number of benzene rings is 2. The molecule has 1 fully saturated rings. The molecule has 0 saturated heterocycles. The van der Waals surface area contributed by atoms with E-state index in [2.05, 4.69) is 4.99 Å². The summed E-state index contributed by atoms with van der Waals surface area (Å²) in [6, 6.07) is 15.7. The number of aliphatic imine (C=N–C) groups is 1. The summed E-state index contributed by atoms with van der Waals surface area (Å²) in [5.41, 5.74) is 8.76. The van der Waals surface area contributed by atoms with E-state index >= 15 is 0 Å². The van der Waals surface area contributed by atoms with Crippen molar-refractivity contribution in [3.05, 3.63) is 59.7 Å². The second-order valence-corrected chi connectivity index (χ2v) is 10.3. The molecule has 0 bridgehead atoms. The van der Waals surface area contributed by atoms with Gasteiger partial charge in [-0.1, -0.05) is 56.0 Å². The van der Waals surface area contributed by atoms with Gasteiger partial charge in [0.15, 0.2) is 5.96 Å². The van der Waals surface area contributed by atoms with Crippen molar-refractivity contribution in [1.29, 1.82) is 0 Å². The smallest absolute Gasteiger partial charge is 0.326 e. The molecule has 38 heavy (non-hydrogen) atoms. The van der Waals surface area contributed by atoms with Crippen molar-refractivity contribution in [2.75, 3.05) is 20.2 Å². The second-order valence-electron chi connectivity index (χ2n) is 10.3. The number of rotatable bonds is 10. The number of ether oxygens (including phenoxy) is 2. The number of guanidine groups is 1. The highest BCUT2D eigenvalue weighted by molar-refractivity contribution is 5.87. The van der Waals surface area contributed by atoms with E-state index in [9.17, 15) is 9.59 Å². The summed E-state index contributed by atoms with van der Waals surface area (Å²) >= 11 is 0. The normalized spacial score (nSPS) is 16.6. The molecule has 1 unspecified atom stereocenters. The van der Waals surface area contributed by atoms with Crippen LogP contribution in [-0.2, 0) is 20.9 Å². The Kier molecular flexibility index (Phi) is 9.62. The van der Waals surface area contributed by atoms with Crippen LogP contribution in [-0.4, -0.2) is 53.9 Å². The maximum atomic E-state index is 12.7. The molecule has 1 aliphatic carbocycles. The fourth-order valence-corrected chi connectivity index (χ4v) is 5.13. The molecule has 1 heterocycles. The molecule has 204 valence electrons. The average Bonchev–Trinajstić information content (AvgIpc) is 3.21. The lowest BCUT2D eigenvalue weighted by Crippen LogP contribution is -2.42. The molecule has 1 atom stereocenters. The molecule has 2 aliphatic rings. The summed E-state index contributed by atoms with van der Waals surface area (Å²) in [6.45, 7) is 2.75. The Morgan fingerprint density at radius 2 is 1.84 bits per heavy atom. The molecule has 2 aromatic rings. The number of hydrogen-bond acceptors (Lipinski definition) is 7. The predicted octanol–water partition coefficient (Wildman–Crippen LogP) is 5.09. The number of hydrogen-bond donors (Lipinski definition) is 1. The molecular weight excluding hydrogens is 480 g/mol. The Labute approximate surface area is 225 Å². The highest BCUT2D eigenvalue weighted by Crippen LogP contribution is 2.29. The molecule has 8 heteroatoms. The fourth-order valence-electron chi connectivity index (χ4n) is 5.13. The highest BCUT2D eigenvalue weighted by atomic mass is 16.5. The number of carbonyl (C=O) groups excluding carboxylic acids is 2. The minimum Gasteiger partial charge on any atom is -0.494 e. The zero-order chi connectivity index (χ0) is 26.9. The minimum absolute atomic E-state index is 0.00759. The summed E-state index contributed by atoms with van der Waals surface area (Å²) in [5.74, 6) is 0.824. The van der Waals surface area contributed by atoms with Crippen LogP contribution in [0.15, 0.2) is 53.5 Å². The zero-order valence-electron chi connectivity index (χ0n) is 22.6. The lowest BCUT2D eigenvalue weighted by molar-refractivity contribution is -0.149. The Morgan fingerprint density at radius 1 is 1.11 bits per heavy atom. The summed E-state index contributed by atoms with van der Waals surface area (Å²) in [6.07, 6.45) is 8.00. The van der Waals surface area contributed by atoms with Crippen LogP contribution in [0.1, 0.15) is 75.5 Å². The van der Waals surface area contributed by atoms with Crippen LogP contribution in [0.3, 0.4) is 0 Å². The molecule has 0 radical (unpaired) electrons. The van der Waals surface area contributed by atoms with Crippen LogP contribution in [0.4, 0.5) is 5.69 Å². The average molecular weight is 521 g/mol. The highest BCUT2D eigenvalue weighted by Gasteiger charge is 2.23. The molecule has 1 amide bonds. The van der Waals surface area contributed by atoms with Gasteiger partial charge in [0.25, 0.3) is 0 Å². The third-order valence-electron chi connectivity index (χ3n) is 7.44. The predicted molar refractivity (Wildman–Crippen MR) is 148 cm³/mol. The lowest BCUT2D eigenvalue weighted by Gasteiger charge is -2.28. The summed E-state index contributed by atoms with van der Waals surface area (Å²) in [5, 5.41) is 0. The third-order valence-corrected chi connectivity index (χ3v) is 7.44. The first-order valence-corrected chi connectivity index (χ1v) is 13.8. The van der Waals surface area contributed by atoms with Crippen molar-refractivity contribution in [3.63, 3.8) is 0 Å². The molecule has 1 aliphatic heterocycles. The molecular formula is C30H40N4O4. The van der Waals surface area contributed by atoms with Gasteiger partial charge in [-0.2, -0.15) is 0 Å². The van der Waals surface area contributed by atoms with Crippen LogP contribution in [0.25, 0.3) is 0 Å². The monoisotopic (exact) mass is 520 g/mol. The molecule has 1 saturated carbocycles. The van der Waals surface area contributed by atoms with Gasteiger partial charge in [0.2, 0.25) is 5.91 Å². The van der Waals surface area contributed by atoms with Crippen LogP contribution in [0, 0.1) is 0 Å². The number of amides is 1. The minimum atomic E-state index is -0.367. The maximum Gasteiger partial charge on any atom is 0.326 e. The summed E-state index contributed by atoms with van der Waals surface area (Å²) < 4.78 is 11.6. The van der Waals surface area contributed by atoms with Gasteiger partial charge in [0, 0.05) is 31.6 Å². The number of fused-ring (bicyclic) bond motifs is 1. The van der Waals surface area contributed by atoms with E-state index in [0.717, 1.165) is 29.7 Å². The fraction of sp³-hybridized carbons (Fsp3) is 0.500. The largest absolute Gasteiger partial charge is 0.494 e. The van der Waals surface area contributed by atoms with Gasteiger partial charge in [-0.3, -0.25) is 9.59 Å². The van der Waals surface area contributed by atoms with Gasteiger partial charge in [-0.05, 0) is 49.9 Å². The first-order valence-electron chi connectivity index (χ1n) is 13.8. The standard InChI is InChI=1S/C30H40N4O4/c1-22(23-11-6-5-7-12-23)38-29(36)21-34-20-24-19-26(16-17-27(24)32-30(34)31)37-18-10-15-28(35)33(2)25-13-8-3-4-9-14-25/h5-7,11-12,16-17,19,22,25H,3-4,8-10,13-15,18,20-21H2,1-2H3,(H2,31,32). The number of carbonyl (C=O) groups is 2. The first-order chi connectivity index (χ1) is 18.4. The quantitative estimate of drug-likeness (QED) is 0.266.